The second-order valence-electron chi connectivity index (χ2n) is 6.67. The van der Waals surface area contributed by atoms with Crippen LogP contribution < -0.4 is 0 Å². The first-order chi connectivity index (χ1) is 10.3. The third-order valence-electron chi connectivity index (χ3n) is 5.48. The minimum absolute atomic E-state index is 0.00444. The first-order valence-corrected chi connectivity index (χ1v) is 7.95. The molecule has 4 atom stereocenters. The van der Waals surface area contributed by atoms with E-state index in [0.29, 0.717) is 11.8 Å². The molecule has 21 heavy (non-hydrogen) atoms. The molecule has 0 spiro atoms. The maximum atomic E-state index is 11.5. The number of rotatable bonds is 3. The van der Waals surface area contributed by atoms with Crippen LogP contribution in [0.2, 0.25) is 0 Å². The Kier molecular flexibility index (Phi) is 3.07. The number of aromatic nitrogens is 1. The van der Waals surface area contributed by atoms with E-state index in [1.165, 1.54) is 18.4 Å². The number of benzene rings is 1. The monoisotopic (exact) mass is 279 g/mol. The number of pyridine rings is 1. The van der Waals surface area contributed by atoms with Crippen molar-refractivity contribution in [3.8, 4) is 0 Å². The Bertz CT molecular complexity index is 572. The first kappa shape index (κ1) is 13.0. The number of aliphatic hydroxyl groups is 1. The van der Waals surface area contributed by atoms with Crippen molar-refractivity contribution in [1.82, 2.24) is 4.98 Å². The predicted octanol–water partition coefficient (Wildman–Crippen LogP) is 3.76. The van der Waals surface area contributed by atoms with Crippen molar-refractivity contribution in [2.24, 2.45) is 11.8 Å². The van der Waals surface area contributed by atoms with Crippen LogP contribution in [0, 0.1) is 11.8 Å². The fourth-order valence-corrected chi connectivity index (χ4v) is 4.60. The van der Waals surface area contributed by atoms with Crippen molar-refractivity contribution in [1.29, 1.82) is 0 Å². The van der Waals surface area contributed by atoms with Gasteiger partial charge in [-0.1, -0.05) is 36.4 Å². The summed E-state index contributed by atoms with van der Waals surface area (Å²) in [6.07, 6.45) is 6.40. The molecule has 0 saturated heterocycles. The number of nitrogens with zero attached hydrogens (tertiary/aromatic N) is 1. The molecule has 2 fully saturated rings. The molecular weight excluding hydrogens is 258 g/mol. The van der Waals surface area contributed by atoms with Gasteiger partial charge >= 0.3 is 0 Å². The molecular formula is C19H21NO. The summed E-state index contributed by atoms with van der Waals surface area (Å²) in [4.78, 5) is 4.57. The summed E-state index contributed by atoms with van der Waals surface area (Å²) in [7, 11) is 0. The van der Waals surface area contributed by atoms with Crippen molar-refractivity contribution in [2.75, 3.05) is 0 Å². The quantitative estimate of drug-likeness (QED) is 0.928. The van der Waals surface area contributed by atoms with Gasteiger partial charge in [-0.25, -0.2) is 0 Å². The van der Waals surface area contributed by atoms with Crippen molar-refractivity contribution >= 4 is 0 Å². The van der Waals surface area contributed by atoms with Gasteiger partial charge in [0.25, 0.3) is 0 Å². The molecule has 1 N–H and O–H groups in total. The topological polar surface area (TPSA) is 33.1 Å². The van der Waals surface area contributed by atoms with Crippen LogP contribution in [0.15, 0.2) is 54.7 Å². The summed E-state index contributed by atoms with van der Waals surface area (Å²) >= 11 is 0. The van der Waals surface area contributed by atoms with Crippen molar-refractivity contribution in [3.05, 3.63) is 66.0 Å². The van der Waals surface area contributed by atoms with Gasteiger partial charge in [0.15, 0.2) is 0 Å². The van der Waals surface area contributed by atoms with Gasteiger partial charge in [0, 0.05) is 6.20 Å². The largest absolute Gasteiger partial charge is 0.389 e. The van der Waals surface area contributed by atoms with E-state index < -0.39 is 5.60 Å². The van der Waals surface area contributed by atoms with E-state index >= 15 is 0 Å². The van der Waals surface area contributed by atoms with Crippen LogP contribution in [0.3, 0.4) is 0 Å². The lowest BCUT2D eigenvalue weighted by Crippen LogP contribution is -2.42. The van der Waals surface area contributed by atoms with E-state index in [4.69, 9.17) is 0 Å². The zero-order valence-electron chi connectivity index (χ0n) is 12.2. The van der Waals surface area contributed by atoms with Crippen LogP contribution in [-0.2, 0) is 0 Å². The van der Waals surface area contributed by atoms with Gasteiger partial charge in [-0.15, -0.1) is 0 Å². The maximum Gasteiger partial charge on any atom is 0.0802 e. The van der Waals surface area contributed by atoms with Crippen molar-refractivity contribution in [2.45, 2.75) is 37.2 Å². The van der Waals surface area contributed by atoms with Crippen LogP contribution in [0.25, 0.3) is 0 Å². The predicted molar refractivity (Wildman–Crippen MR) is 82.9 cm³/mol. The molecule has 2 heteroatoms. The summed E-state index contributed by atoms with van der Waals surface area (Å²) in [6.45, 7) is 0. The zero-order valence-corrected chi connectivity index (χ0v) is 12.2. The molecule has 0 radical (unpaired) electrons. The molecule has 2 aliphatic carbocycles. The summed E-state index contributed by atoms with van der Waals surface area (Å²) in [5.41, 5.74) is 1.56. The van der Waals surface area contributed by atoms with E-state index in [9.17, 15) is 5.11 Å². The van der Waals surface area contributed by atoms with E-state index in [-0.39, 0.29) is 5.92 Å². The van der Waals surface area contributed by atoms with Crippen LogP contribution in [0.5, 0.6) is 0 Å². The van der Waals surface area contributed by atoms with E-state index in [0.717, 1.165) is 18.5 Å². The van der Waals surface area contributed by atoms with Crippen LogP contribution in [0.4, 0.5) is 0 Å². The third kappa shape index (κ3) is 2.09. The first-order valence-electron chi connectivity index (χ1n) is 7.95. The highest BCUT2D eigenvalue weighted by atomic mass is 16.3. The SMILES string of the molecule is O[C@@]1([C@H](c2ccccc2)c2ccccn2)C[C@H]2CC[C@H]1C2. The van der Waals surface area contributed by atoms with Gasteiger partial charge in [0.2, 0.25) is 0 Å². The minimum atomic E-state index is -0.626. The maximum absolute atomic E-state index is 11.5. The Labute approximate surface area is 125 Å². The van der Waals surface area contributed by atoms with Gasteiger partial charge in [-0.2, -0.15) is 0 Å². The van der Waals surface area contributed by atoms with E-state index in [2.05, 4.69) is 35.3 Å². The molecule has 1 heterocycles. The van der Waals surface area contributed by atoms with E-state index in [1.54, 1.807) is 0 Å². The Morgan fingerprint density at radius 2 is 1.86 bits per heavy atom. The second-order valence-corrected chi connectivity index (χ2v) is 6.67. The molecule has 2 saturated carbocycles. The van der Waals surface area contributed by atoms with Gasteiger partial charge in [0.1, 0.15) is 0 Å². The fourth-order valence-electron chi connectivity index (χ4n) is 4.60. The van der Waals surface area contributed by atoms with Crippen LogP contribution in [-0.4, -0.2) is 15.7 Å². The van der Waals surface area contributed by atoms with Crippen LogP contribution >= 0.6 is 0 Å². The lowest BCUT2D eigenvalue weighted by atomic mass is 9.70. The van der Waals surface area contributed by atoms with E-state index in [1.807, 2.05) is 24.4 Å². The average molecular weight is 279 g/mol. The summed E-state index contributed by atoms with van der Waals surface area (Å²) in [6, 6.07) is 16.4. The molecule has 2 bridgehead atoms. The Morgan fingerprint density at radius 1 is 1.05 bits per heavy atom. The van der Waals surface area contributed by atoms with Crippen molar-refractivity contribution in [3.63, 3.8) is 0 Å². The highest BCUT2D eigenvalue weighted by molar-refractivity contribution is 5.34. The number of hydrogen-bond donors (Lipinski definition) is 1. The lowest BCUT2D eigenvalue weighted by molar-refractivity contribution is -0.0286. The molecule has 2 nitrogen and oxygen atoms in total. The molecule has 0 amide bonds. The number of hydrogen-bond acceptors (Lipinski definition) is 2. The Hall–Kier alpha value is -1.67. The van der Waals surface area contributed by atoms with Gasteiger partial charge in [0.05, 0.1) is 17.2 Å². The molecule has 1 aromatic heterocycles. The summed E-state index contributed by atoms with van der Waals surface area (Å²) < 4.78 is 0. The van der Waals surface area contributed by atoms with Crippen LogP contribution in [0.1, 0.15) is 42.9 Å². The van der Waals surface area contributed by atoms with Crippen molar-refractivity contribution < 1.29 is 5.11 Å². The zero-order chi connectivity index (χ0) is 14.3. The van der Waals surface area contributed by atoms with Gasteiger partial charge in [-0.3, -0.25) is 4.98 Å². The summed E-state index contributed by atoms with van der Waals surface area (Å²) in [5.74, 6) is 1.12. The normalized spacial score (nSPS) is 32.2. The smallest absolute Gasteiger partial charge is 0.0802 e. The molecule has 0 unspecified atom stereocenters. The highest BCUT2D eigenvalue weighted by Gasteiger charge is 2.55. The molecule has 0 aliphatic heterocycles. The fraction of sp³-hybridized carbons (Fsp3) is 0.421. The summed E-state index contributed by atoms with van der Waals surface area (Å²) in [5, 5.41) is 11.5. The Morgan fingerprint density at radius 3 is 2.48 bits per heavy atom. The lowest BCUT2D eigenvalue weighted by Gasteiger charge is -2.39. The molecule has 2 aromatic rings. The molecule has 108 valence electrons. The van der Waals surface area contributed by atoms with Gasteiger partial charge < -0.3 is 5.11 Å². The third-order valence-corrected chi connectivity index (χ3v) is 5.48. The standard InChI is InChI=1S/C19H21NO/c21-19(13-14-9-10-16(19)12-14)18(15-6-2-1-3-7-15)17-8-4-5-11-20-17/h1-8,11,14,16,18,21H,9-10,12-13H2/t14-,16-,18+,19-/m0/s1. The molecule has 1 aromatic carbocycles. The average Bonchev–Trinajstić information content (AvgIpc) is 3.10. The van der Waals surface area contributed by atoms with Gasteiger partial charge in [-0.05, 0) is 55.2 Å². The number of fused-ring (bicyclic) bond motifs is 2. The molecule has 4 rings (SSSR count). The Balaban J connectivity index is 1.81. The molecule has 2 aliphatic rings. The minimum Gasteiger partial charge on any atom is -0.389 e. The second kappa shape index (κ2) is 4.96. The highest BCUT2D eigenvalue weighted by Crippen LogP contribution is 2.57.